The summed E-state index contributed by atoms with van der Waals surface area (Å²) >= 11 is 1.59. The lowest BCUT2D eigenvalue weighted by Gasteiger charge is -2.00. The number of nitrogens with two attached hydrogens (primary N) is 1. The smallest absolute Gasteiger partial charge is 0.154 e. The molecule has 0 spiro atoms. The highest BCUT2D eigenvalue weighted by molar-refractivity contribution is 8.13. The lowest BCUT2D eigenvalue weighted by Crippen LogP contribution is -2.08. The minimum atomic E-state index is 0.601. The van der Waals surface area contributed by atoms with Crippen LogP contribution in [0.1, 0.15) is 5.56 Å². The lowest BCUT2D eigenvalue weighted by atomic mass is 10.2. The third kappa shape index (κ3) is 5.27. The topological polar surface area (TPSA) is 38.4 Å². The van der Waals surface area contributed by atoms with E-state index in [1.807, 2.05) is 6.07 Å². The van der Waals surface area contributed by atoms with Crippen molar-refractivity contribution in [2.24, 2.45) is 10.7 Å². The van der Waals surface area contributed by atoms with Crippen LogP contribution >= 0.6 is 11.8 Å². The molecule has 0 radical (unpaired) electrons. The molecule has 0 aliphatic carbocycles. The standard InChI is InChI=1S/C12H16N2S/c1-2-9-14-12(13)15-10-8-11-6-4-3-5-7-11/h2-7H,1,8-10H2,(H2,13,14). The number of nitrogens with zero attached hydrogens (tertiary/aromatic N) is 1. The molecule has 1 aromatic rings. The summed E-state index contributed by atoms with van der Waals surface area (Å²) in [6.07, 6.45) is 2.76. The SMILES string of the molecule is C=CCN=C(N)SCCc1ccccc1. The van der Waals surface area contributed by atoms with Gasteiger partial charge in [0.15, 0.2) is 5.17 Å². The van der Waals surface area contributed by atoms with E-state index in [2.05, 4.69) is 35.8 Å². The van der Waals surface area contributed by atoms with Crippen molar-refractivity contribution in [1.29, 1.82) is 0 Å². The van der Waals surface area contributed by atoms with Crippen molar-refractivity contribution in [3.05, 3.63) is 48.6 Å². The van der Waals surface area contributed by atoms with Crippen molar-refractivity contribution in [2.45, 2.75) is 6.42 Å². The van der Waals surface area contributed by atoms with E-state index >= 15 is 0 Å². The van der Waals surface area contributed by atoms with Gasteiger partial charge in [0.1, 0.15) is 0 Å². The Balaban J connectivity index is 2.24. The number of thioether (sulfide) groups is 1. The van der Waals surface area contributed by atoms with E-state index in [-0.39, 0.29) is 0 Å². The number of hydrogen-bond acceptors (Lipinski definition) is 2. The first kappa shape index (κ1) is 11.9. The van der Waals surface area contributed by atoms with Gasteiger partial charge in [0.25, 0.3) is 0 Å². The third-order valence-corrected chi connectivity index (χ3v) is 2.69. The van der Waals surface area contributed by atoms with E-state index in [4.69, 9.17) is 5.73 Å². The average Bonchev–Trinajstić information content (AvgIpc) is 2.28. The van der Waals surface area contributed by atoms with Gasteiger partial charge < -0.3 is 5.73 Å². The number of aliphatic imine (C=N–C) groups is 1. The first-order valence-corrected chi connectivity index (χ1v) is 5.89. The zero-order valence-corrected chi connectivity index (χ0v) is 9.54. The molecule has 0 bridgehead atoms. The number of amidine groups is 1. The molecule has 0 aliphatic rings. The second-order valence-corrected chi connectivity index (χ2v) is 4.17. The van der Waals surface area contributed by atoms with Crippen LogP contribution in [-0.4, -0.2) is 17.5 Å². The van der Waals surface area contributed by atoms with E-state index < -0.39 is 0 Å². The molecule has 0 saturated carbocycles. The molecule has 0 saturated heterocycles. The van der Waals surface area contributed by atoms with Crippen LogP contribution in [0.15, 0.2) is 48.0 Å². The fourth-order valence-electron chi connectivity index (χ4n) is 1.12. The Morgan fingerprint density at radius 3 is 2.80 bits per heavy atom. The Morgan fingerprint density at radius 1 is 1.40 bits per heavy atom. The molecular formula is C12H16N2S. The van der Waals surface area contributed by atoms with Gasteiger partial charge in [-0.15, -0.1) is 6.58 Å². The molecule has 0 aromatic heterocycles. The number of aryl methyl sites for hydroxylation is 1. The zero-order valence-electron chi connectivity index (χ0n) is 8.73. The van der Waals surface area contributed by atoms with Gasteiger partial charge in [0.2, 0.25) is 0 Å². The van der Waals surface area contributed by atoms with E-state index in [1.165, 1.54) is 5.56 Å². The Morgan fingerprint density at radius 2 is 2.13 bits per heavy atom. The predicted octanol–water partition coefficient (Wildman–Crippen LogP) is 2.46. The van der Waals surface area contributed by atoms with Gasteiger partial charge in [0, 0.05) is 5.75 Å². The molecule has 0 amide bonds. The van der Waals surface area contributed by atoms with Crippen LogP contribution < -0.4 is 5.73 Å². The van der Waals surface area contributed by atoms with Gasteiger partial charge in [-0.1, -0.05) is 48.2 Å². The van der Waals surface area contributed by atoms with Crippen molar-refractivity contribution in [3.63, 3.8) is 0 Å². The van der Waals surface area contributed by atoms with Crippen LogP contribution in [0.4, 0.5) is 0 Å². The molecule has 2 N–H and O–H groups in total. The second-order valence-electron chi connectivity index (χ2n) is 3.05. The van der Waals surface area contributed by atoms with Gasteiger partial charge in [0.05, 0.1) is 6.54 Å². The van der Waals surface area contributed by atoms with Crippen LogP contribution in [0, 0.1) is 0 Å². The van der Waals surface area contributed by atoms with E-state index in [9.17, 15) is 0 Å². The maximum atomic E-state index is 5.69. The molecule has 3 heteroatoms. The van der Waals surface area contributed by atoms with Gasteiger partial charge >= 0.3 is 0 Å². The Labute approximate surface area is 95.3 Å². The summed E-state index contributed by atoms with van der Waals surface area (Å²) in [4.78, 5) is 4.11. The molecule has 1 rings (SSSR count). The van der Waals surface area contributed by atoms with Crippen LogP contribution in [0.3, 0.4) is 0 Å². The maximum absolute atomic E-state index is 5.69. The first-order valence-electron chi connectivity index (χ1n) is 4.90. The maximum Gasteiger partial charge on any atom is 0.154 e. The number of benzene rings is 1. The summed E-state index contributed by atoms with van der Waals surface area (Å²) in [7, 11) is 0. The van der Waals surface area contributed by atoms with Gasteiger partial charge in [-0.05, 0) is 12.0 Å². The molecule has 0 heterocycles. The van der Waals surface area contributed by atoms with Crippen molar-refractivity contribution in [1.82, 2.24) is 0 Å². The Bertz CT molecular complexity index is 320. The molecule has 2 nitrogen and oxygen atoms in total. The molecule has 80 valence electrons. The first-order chi connectivity index (χ1) is 7.33. The summed E-state index contributed by atoms with van der Waals surface area (Å²) in [5, 5.41) is 0.644. The van der Waals surface area contributed by atoms with Crippen molar-refractivity contribution < 1.29 is 0 Å². The van der Waals surface area contributed by atoms with Crippen LogP contribution in [0.5, 0.6) is 0 Å². The Hall–Kier alpha value is -1.22. The fourth-order valence-corrected chi connectivity index (χ4v) is 1.83. The van der Waals surface area contributed by atoms with E-state index in [0.717, 1.165) is 12.2 Å². The van der Waals surface area contributed by atoms with Gasteiger partial charge in [-0.25, -0.2) is 0 Å². The third-order valence-electron chi connectivity index (χ3n) is 1.86. The highest BCUT2D eigenvalue weighted by Crippen LogP contribution is 2.06. The summed E-state index contributed by atoms with van der Waals surface area (Å²) in [6, 6.07) is 10.4. The summed E-state index contributed by atoms with van der Waals surface area (Å²) in [6.45, 7) is 4.19. The van der Waals surface area contributed by atoms with Crippen LogP contribution in [0.2, 0.25) is 0 Å². The van der Waals surface area contributed by atoms with Crippen LogP contribution in [-0.2, 0) is 6.42 Å². The molecule has 15 heavy (non-hydrogen) atoms. The number of rotatable bonds is 5. The second kappa shape index (κ2) is 7.12. The monoisotopic (exact) mass is 220 g/mol. The molecule has 0 aliphatic heterocycles. The van der Waals surface area contributed by atoms with Gasteiger partial charge in [-0.3, -0.25) is 4.99 Å². The largest absolute Gasteiger partial charge is 0.379 e. The minimum absolute atomic E-state index is 0.601. The van der Waals surface area contributed by atoms with E-state index in [0.29, 0.717) is 11.7 Å². The molecule has 0 atom stereocenters. The molecule has 1 aromatic carbocycles. The summed E-state index contributed by atoms with van der Waals surface area (Å²) in [5.74, 6) is 0.969. The molecule has 0 unspecified atom stereocenters. The quantitative estimate of drug-likeness (QED) is 0.470. The number of hydrogen-bond donors (Lipinski definition) is 1. The zero-order chi connectivity index (χ0) is 10.9. The molecular weight excluding hydrogens is 204 g/mol. The molecule has 0 fully saturated rings. The summed E-state index contributed by atoms with van der Waals surface area (Å²) < 4.78 is 0. The van der Waals surface area contributed by atoms with E-state index in [1.54, 1.807) is 17.8 Å². The highest BCUT2D eigenvalue weighted by Gasteiger charge is 1.95. The van der Waals surface area contributed by atoms with Gasteiger partial charge in [-0.2, -0.15) is 0 Å². The van der Waals surface area contributed by atoms with Crippen molar-refractivity contribution >= 4 is 16.9 Å². The minimum Gasteiger partial charge on any atom is -0.379 e. The Kier molecular flexibility index (Phi) is 5.63. The fraction of sp³-hybridized carbons (Fsp3) is 0.250. The lowest BCUT2D eigenvalue weighted by molar-refractivity contribution is 1.16. The average molecular weight is 220 g/mol. The predicted molar refractivity (Wildman–Crippen MR) is 69.3 cm³/mol. The highest BCUT2D eigenvalue weighted by atomic mass is 32.2. The summed E-state index contributed by atoms with van der Waals surface area (Å²) in [5.41, 5.74) is 7.02. The normalized spacial score (nSPS) is 11.3. The van der Waals surface area contributed by atoms with Crippen LogP contribution in [0.25, 0.3) is 0 Å². The van der Waals surface area contributed by atoms with Crippen molar-refractivity contribution in [3.8, 4) is 0 Å². The van der Waals surface area contributed by atoms with Crippen molar-refractivity contribution in [2.75, 3.05) is 12.3 Å².